The van der Waals surface area contributed by atoms with E-state index in [-0.39, 0.29) is 17.8 Å². The van der Waals surface area contributed by atoms with Gasteiger partial charge in [-0.3, -0.25) is 4.79 Å². The summed E-state index contributed by atoms with van der Waals surface area (Å²) in [7, 11) is 0. The fourth-order valence-electron chi connectivity index (χ4n) is 2.68. The van der Waals surface area contributed by atoms with E-state index in [1.165, 1.54) is 11.3 Å². The zero-order valence-electron chi connectivity index (χ0n) is 14.8. The summed E-state index contributed by atoms with van der Waals surface area (Å²) in [5.74, 6) is -0.838. The van der Waals surface area contributed by atoms with Crippen LogP contribution >= 0.6 is 22.9 Å². The molecule has 140 valence electrons. The van der Waals surface area contributed by atoms with E-state index in [1.807, 2.05) is 30.5 Å². The molecule has 0 amide bonds. The number of carbonyl (C=O) groups excluding carboxylic acids is 1. The van der Waals surface area contributed by atoms with E-state index in [1.54, 1.807) is 24.3 Å². The molecule has 0 radical (unpaired) electrons. The number of aryl methyl sites for hydroxylation is 1. The van der Waals surface area contributed by atoms with E-state index in [9.17, 15) is 9.59 Å². The number of rotatable bonds is 4. The van der Waals surface area contributed by atoms with Gasteiger partial charge >= 0.3 is 5.97 Å². The van der Waals surface area contributed by atoms with Crippen LogP contribution in [0.15, 0.2) is 63.1 Å². The Kier molecular flexibility index (Phi) is 4.98. The number of hydrogen-bond acceptors (Lipinski definition) is 6. The summed E-state index contributed by atoms with van der Waals surface area (Å²) in [6.45, 7) is 1.87. The maximum Gasteiger partial charge on any atom is 0.374 e. The molecule has 0 spiro atoms. The van der Waals surface area contributed by atoms with Gasteiger partial charge in [-0.25, -0.2) is 9.78 Å². The van der Waals surface area contributed by atoms with Gasteiger partial charge in [-0.2, -0.15) is 0 Å². The molecular formula is C21H14ClNO4S. The summed E-state index contributed by atoms with van der Waals surface area (Å²) in [6, 6.07) is 13.7. The van der Waals surface area contributed by atoms with E-state index in [4.69, 9.17) is 20.8 Å². The summed E-state index contributed by atoms with van der Waals surface area (Å²) >= 11 is 7.34. The average Bonchev–Trinajstić information content (AvgIpc) is 3.16. The number of benzene rings is 2. The topological polar surface area (TPSA) is 69.4 Å². The molecule has 28 heavy (non-hydrogen) atoms. The van der Waals surface area contributed by atoms with Crippen LogP contribution in [-0.2, 0) is 11.3 Å². The normalized spacial score (nSPS) is 10.9. The minimum absolute atomic E-state index is 0.0153. The third-order valence-electron chi connectivity index (χ3n) is 4.08. The number of ether oxygens (including phenoxy) is 1. The Balaban J connectivity index is 1.49. The molecule has 2 aromatic carbocycles. The second-order valence-electron chi connectivity index (χ2n) is 6.20. The number of hydrogen-bond donors (Lipinski definition) is 0. The molecule has 5 nitrogen and oxygen atoms in total. The van der Waals surface area contributed by atoms with Gasteiger partial charge in [0.15, 0.2) is 5.43 Å². The molecule has 0 aliphatic heterocycles. The lowest BCUT2D eigenvalue weighted by Crippen LogP contribution is -2.10. The molecule has 4 aromatic rings. The molecule has 0 unspecified atom stereocenters. The molecule has 2 heterocycles. The summed E-state index contributed by atoms with van der Waals surface area (Å²) in [4.78, 5) is 29.0. The Morgan fingerprint density at radius 2 is 1.96 bits per heavy atom. The van der Waals surface area contributed by atoms with Gasteiger partial charge in [-0.1, -0.05) is 35.4 Å². The minimum atomic E-state index is -0.708. The molecule has 0 atom stereocenters. The maximum atomic E-state index is 12.3. The molecule has 2 aromatic heterocycles. The zero-order chi connectivity index (χ0) is 19.7. The van der Waals surface area contributed by atoms with Gasteiger partial charge in [0.1, 0.15) is 17.2 Å². The van der Waals surface area contributed by atoms with Crippen molar-refractivity contribution in [2.45, 2.75) is 13.5 Å². The second-order valence-corrected chi connectivity index (χ2v) is 7.50. The Bertz CT molecular complexity index is 1230. The van der Waals surface area contributed by atoms with Gasteiger partial charge < -0.3 is 9.15 Å². The molecule has 0 saturated carbocycles. The Morgan fingerprint density at radius 3 is 2.75 bits per heavy atom. The third-order valence-corrected chi connectivity index (χ3v) is 5.27. The lowest BCUT2D eigenvalue weighted by molar-refractivity contribution is 0.0432. The van der Waals surface area contributed by atoms with Crippen molar-refractivity contribution in [1.82, 2.24) is 4.98 Å². The monoisotopic (exact) mass is 411 g/mol. The number of nitrogens with zero attached hydrogens (tertiary/aromatic N) is 1. The van der Waals surface area contributed by atoms with Crippen molar-refractivity contribution < 1.29 is 13.9 Å². The van der Waals surface area contributed by atoms with E-state index in [0.29, 0.717) is 21.7 Å². The lowest BCUT2D eigenvalue weighted by atomic mass is 10.1. The van der Waals surface area contributed by atoms with Crippen LogP contribution in [-0.4, -0.2) is 11.0 Å². The number of halogens is 1. The molecular weight excluding hydrogens is 398 g/mol. The van der Waals surface area contributed by atoms with Crippen LogP contribution in [0.2, 0.25) is 5.02 Å². The molecule has 4 rings (SSSR count). The lowest BCUT2D eigenvalue weighted by Gasteiger charge is -2.04. The van der Waals surface area contributed by atoms with E-state index in [2.05, 4.69) is 4.98 Å². The number of esters is 1. The van der Waals surface area contributed by atoms with E-state index >= 15 is 0 Å². The molecule has 0 fully saturated rings. The van der Waals surface area contributed by atoms with Crippen LogP contribution in [0.25, 0.3) is 21.5 Å². The summed E-state index contributed by atoms with van der Waals surface area (Å²) < 4.78 is 10.8. The largest absolute Gasteiger partial charge is 0.453 e. The smallest absolute Gasteiger partial charge is 0.374 e. The first-order chi connectivity index (χ1) is 13.5. The molecule has 0 aliphatic carbocycles. The first-order valence-electron chi connectivity index (χ1n) is 8.41. The van der Waals surface area contributed by atoms with Crippen LogP contribution in [0.1, 0.15) is 21.8 Å². The standard InChI is InChI=1S/C21H14ClNO4S/c1-12-2-7-18-16(8-12)17(24)9-19(27-18)21(25)26-10-15-11-28-20(23-15)13-3-5-14(22)6-4-13/h2-9,11H,10H2,1H3. The van der Waals surface area contributed by atoms with Gasteiger partial charge in [-0.05, 0) is 31.2 Å². The highest BCUT2D eigenvalue weighted by Crippen LogP contribution is 2.25. The van der Waals surface area contributed by atoms with Gasteiger partial charge in [0.05, 0.1) is 11.1 Å². The van der Waals surface area contributed by atoms with Crippen molar-refractivity contribution in [3.05, 3.63) is 86.2 Å². The van der Waals surface area contributed by atoms with Crippen molar-refractivity contribution in [1.29, 1.82) is 0 Å². The van der Waals surface area contributed by atoms with Crippen LogP contribution < -0.4 is 5.43 Å². The zero-order valence-corrected chi connectivity index (χ0v) is 16.3. The average molecular weight is 412 g/mol. The van der Waals surface area contributed by atoms with Crippen LogP contribution in [0, 0.1) is 6.92 Å². The van der Waals surface area contributed by atoms with Crippen LogP contribution in [0.4, 0.5) is 0 Å². The summed E-state index contributed by atoms with van der Waals surface area (Å²) in [5.41, 5.74) is 2.55. The summed E-state index contributed by atoms with van der Waals surface area (Å²) in [5, 5.41) is 3.71. The van der Waals surface area contributed by atoms with Crippen molar-refractivity contribution in [3.63, 3.8) is 0 Å². The number of thiazole rings is 1. The van der Waals surface area contributed by atoms with E-state index in [0.717, 1.165) is 22.2 Å². The van der Waals surface area contributed by atoms with Crippen molar-refractivity contribution >= 4 is 39.9 Å². The quantitative estimate of drug-likeness (QED) is 0.430. The van der Waals surface area contributed by atoms with Crippen molar-refractivity contribution in [3.8, 4) is 10.6 Å². The first kappa shape index (κ1) is 18.4. The molecule has 7 heteroatoms. The van der Waals surface area contributed by atoms with Crippen molar-refractivity contribution in [2.24, 2.45) is 0 Å². The Labute approximate surface area is 169 Å². The minimum Gasteiger partial charge on any atom is -0.453 e. The van der Waals surface area contributed by atoms with Gasteiger partial charge in [0.2, 0.25) is 5.76 Å². The van der Waals surface area contributed by atoms with Gasteiger partial charge in [0.25, 0.3) is 0 Å². The van der Waals surface area contributed by atoms with Crippen molar-refractivity contribution in [2.75, 3.05) is 0 Å². The third kappa shape index (κ3) is 3.83. The first-order valence-corrected chi connectivity index (χ1v) is 9.67. The predicted molar refractivity (Wildman–Crippen MR) is 109 cm³/mol. The SMILES string of the molecule is Cc1ccc2oc(C(=O)OCc3csc(-c4ccc(Cl)cc4)n3)cc(=O)c2c1. The molecule has 0 saturated heterocycles. The Hall–Kier alpha value is -2.96. The molecule has 0 N–H and O–H groups in total. The fraction of sp³-hybridized carbons (Fsp3) is 0.0952. The fourth-order valence-corrected chi connectivity index (χ4v) is 3.62. The highest BCUT2D eigenvalue weighted by molar-refractivity contribution is 7.13. The Morgan fingerprint density at radius 1 is 1.18 bits per heavy atom. The number of aromatic nitrogens is 1. The van der Waals surface area contributed by atoms with Gasteiger partial charge in [-0.15, -0.1) is 11.3 Å². The van der Waals surface area contributed by atoms with Crippen LogP contribution in [0.3, 0.4) is 0 Å². The maximum absolute atomic E-state index is 12.3. The number of carbonyl (C=O) groups is 1. The molecule has 0 aliphatic rings. The molecule has 0 bridgehead atoms. The van der Waals surface area contributed by atoms with Gasteiger partial charge in [0, 0.05) is 22.0 Å². The number of fused-ring (bicyclic) bond motifs is 1. The van der Waals surface area contributed by atoms with E-state index < -0.39 is 5.97 Å². The highest BCUT2D eigenvalue weighted by atomic mass is 35.5. The second kappa shape index (κ2) is 7.58. The predicted octanol–water partition coefficient (Wildman–Crippen LogP) is 5.24. The highest BCUT2D eigenvalue weighted by Gasteiger charge is 2.15. The summed E-state index contributed by atoms with van der Waals surface area (Å²) in [6.07, 6.45) is 0. The van der Waals surface area contributed by atoms with Crippen LogP contribution in [0.5, 0.6) is 0 Å².